The van der Waals surface area contributed by atoms with Crippen molar-refractivity contribution in [1.82, 2.24) is 0 Å². The molecular weight excluding hydrogens is 553 g/mol. The van der Waals surface area contributed by atoms with Gasteiger partial charge in [0.2, 0.25) is 0 Å². The highest BCUT2D eigenvalue weighted by atomic mass is 14.2. The van der Waals surface area contributed by atoms with Crippen LogP contribution in [0.3, 0.4) is 0 Å². The molecule has 0 heteroatoms. The van der Waals surface area contributed by atoms with Crippen molar-refractivity contribution in [2.75, 3.05) is 0 Å². The van der Waals surface area contributed by atoms with Crippen molar-refractivity contribution in [2.24, 2.45) is 53.3 Å². The SMILES string of the molecule is C/C(=C\CC(C)C)CCCC(C)CCCC(C)CCCC(C)C.CC(C)CCCC(C)CCCC(C)CCCC(C)CCC(C)C. The molecule has 0 rings (SSSR count). The normalized spacial score (nSPS) is 15.7. The van der Waals surface area contributed by atoms with E-state index in [4.69, 9.17) is 0 Å². The smallest absolute Gasteiger partial charge is 0.0323 e. The molecule has 46 heavy (non-hydrogen) atoms. The van der Waals surface area contributed by atoms with E-state index in [1.54, 1.807) is 5.57 Å². The summed E-state index contributed by atoms with van der Waals surface area (Å²) in [4.78, 5) is 0. The van der Waals surface area contributed by atoms with E-state index in [9.17, 15) is 0 Å². The molecule has 0 amide bonds. The quantitative estimate of drug-likeness (QED) is 0.0709. The Morgan fingerprint density at radius 2 is 0.609 bits per heavy atom. The van der Waals surface area contributed by atoms with Crippen molar-refractivity contribution in [1.29, 1.82) is 0 Å². The van der Waals surface area contributed by atoms with Crippen LogP contribution in [0.25, 0.3) is 0 Å². The van der Waals surface area contributed by atoms with Crippen LogP contribution in [-0.4, -0.2) is 0 Å². The summed E-state index contributed by atoms with van der Waals surface area (Å²) in [7, 11) is 0. The predicted molar refractivity (Wildman–Crippen MR) is 216 cm³/mol. The van der Waals surface area contributed by atoms with Crippen LogP contribution in [0, 0.1) is 53.3 Å². The summed E-state index contributed by atoms with van der Waals surface area (Å²) in [6.07, 6.45) is 32.2. The molecule has 0 N–H and O–H groups in total. The van der Waals surface area contributed by atoms with E-state index < -0.39 is 0 Å². The zero-order chi connectivity index (χ0) is 35.3. The van der Waals surface area contributed by atoms with Gasteiger partial charge in [-0.15, -0.1) is 0 Å². The fraction of sp³-hybridized carbons (Fsp3) is 0.957. The molecule has 278 valence electrons. The Morgan fingerprint density at radius 3 is 0.913 bits per heavy atom. The molecule has 0 nitrogen and oxygen atoms in total. The van der Waals surface area contributed by atoms with Crippen LogP contribution >= 0.6 is 0 Å². The topological polar surface area (TPSA) is 0 Å². The van der Waals surface area contributed by atoms with Crippen LogP contribution in [0.4, 0.5) is 0 Å². The minimum Gasteiger partial charge on any atom is -0.0854 e. The maximum absolute atomic E-state index is 2.47. The van der Waals surface area contributed by atoms with Gasteiger partial charge in [0.1, 0.15) is 0 Å². The van der Waals surface area contributed by atoms with Gasteiger partial charge in [-0.25, -0.2) is 0 Å². The first-order chi connectivity index (χ1) is 21.6. The van der Waals surface area contributed by atoms with Crippen molar-refractivity contribution in [2.45, 2.75) is 232 Å². The van der Waals surface area contributed by atoms with Gasteiger partial charge in [-0.2, -0.15) is 0 Å². The Bertz CT molecular complexity index is 636. The van der Waals surface area contributed by atoms with Crippen molar-refractivity contribution >= 4 is 0 Å². The Balaban J connectivity index is 0. The molecule has 0 saturated carbocycles. The summed E-state index contributed by atoms with van der Waals surface area (Å²) in [6, 6.07) is 0. The summed E-state index contributed by atoms with van der Waals surface area (Å²) in [5.41, 5.74) is 1.60. The Morgan fingerprint density at radius 1 is 0.326 bits per heavy atom. The summed E-state index contributed by atoms with van der Waals surface area (Å²) < 4.78 is 0. The Hall–Kier alpha value is -0.260. The maximum Gasteiger partial charge on any atom is -0.0323 e. The molecule has 5 unspecified atom stereocenters. The molecule has 0 aliphatic carbocycles. The molecule has 0 heterocycles. The second-order valence-corrected chi connectivity index (χ2v) is 18.5. The van der Waals surface area contributed by atoms with Crippen LogP contribution in [-0.2, 0) is 0 Å². The van der Waals surface area contributed by atoms with Crippen LogP contribution in [0.1, 0.15) is 232 Å². The number of rotatable bonds is 29. The van der Waals surface area contributed by atoms with E-state index in [1.807, 2.05) is 0 Å². The largest absolute Gasteiger partial charge is 0.0854 e. The van der Waals surface area contributed by atoms with Gasteiger partial charge in [0.15, 0.2) is 0 Å². The standard InChI is InChI=1S/C23H48.C23H46/c2*1-19(2)11-8-12-21(5)13-9-14-22(6)15-10-16-23(7)18-17-20(3)4/h19-23H,8-18H2,1-7H3;18-22H,8-17H2,1-7H3/b;23-18+. The molecule has 0 saturated heterocycles. The lowest BCUT2D eigenvalue weighted by atomic mass is 9.90. The lowest BCUT2D eigenvalue weighted by Gasteiger charge is -2.16. The van der Waals surface area contributed by atoms with E-state index in [1.165, 1.54) is 135 Å². The first kappa shape index (κ1) is 47.9. The van der Waals surface area contributed by atoms with Gasteiger partial charge in [-0.05, 0) is 79.4 Å². The van der Waals surface area contributed by atoms with E-state index in [2.05, 4.69) is 103 Å². The molecule has 0 bridgehead atoms. The van der Waals surface area contributed by atoms with Gasteiger partial charge < -0.3 is 0 Å². The van der Waals surface area contributed by atoms with E-state index in [-0.39, 0.29) is 0 Å². The van der Waals surface area contributed by atoms with Gasteiger partial charge in [-0.1, -0.05) is 217 Å². The fourth-order valence-electron chi connectivity index (χ4n) is 6.80. The first-order valence-corrected chi connectivity index (χ1v) is 21.3. The van der Waals surface area contributed by atoms with E-state index >= 15 is 0 Å². The van der Waals surface area contributed by atoms with Crippen LogP contribution in [0.15, 0.2) is 11.6 Å². The summed E-state index contributed by atoms with van der Waals surface area (Å²) in [5, 5.41) is 0. The van der Waals surface area contributed by atoms with Gasteiger partial charge in [0, 0.05) is 0 Å². The van der Waals surface area contributed by atoms with E-state index in [0.29, 0.717) is 0 Å². The zero-order valence-corrected chi connectivity index (χ0v) is 35.1. The molecule has 5 atom stereocenters. The van der Waals surface area contributed by atoms with Crippen molar-refractivity contribution in [3.63, 3.8) is 0 Å². The highest BCUT2D eigenvalue weighted by Gasteiger charge is 2.09. The molecule has 0 radical (unpaired) electrons. The molecule has 0 fully saturated rings. The third-order valence-electron chi connectivity index (χ3n) is 10.6. The minimum atomic E-state index is 0.798. The van der Waals surface area contributed by atoms with Gasteiger partial charge in [0.05, 0.1) is 0 Å². The molecule has 0 aliphatic rings. The van der Waals surface area contributed by atoms with Crippen LogP contribution < -0.4 is 0 Å². The summed E-state index contributed by atoms with van der Waals surface area (Å²) in [6.45, 7) is 33.3. The van der Waals surface area contributed by atoms with Crippen LogP contribution in [0.5, 0.6) is 0 Å². The summed E-state index contributed by atoms with van der Waals surface area (Å²) in [5.74, 6) is 8.09. The average Bonchev–Trinajstić information content (AvgIpc) is 2.95. The Kier molecular flexibility index (Phi) is 33.3. The molecule has 0 aliphatic heterocycles. The first-order valence-electron chi connectivity index (χ1n) is 21.3. The molecule has 0 spiro atoms. The number of allylic oxidation sites excluding steroid dienone is 2. The number of hydrogen-bond donors (Lipinski definition) is 0. The fourth-order valence-corrected chi connectivity index (χ4v) is 6.80. The van der Waals surface area contributed by atoms with Gasteiger partial charge in [0.25, 0.3) is 0 Å². The third kappa shape index (κ3) is 38.2. The second kappa shape index (κ2) is 32.0. The lowest BCUT2D eigenvalue weighted by molar-refractivity contribution is 0.366. The van der Waals surface area contributed by atoms with Gasteiger partial charge in [-0.3, -0.25) is 0 Å². The molecule has 0 aromatic carbocycles. The molecular formula is C46H94. The molecule has 0 aromatic heterocycles. The zero-order valence-electron chi connectivity index (χ0n) is 35.1. The minimum absolute atomic E-state index is 0.798. The average molecular weight is 647 g/mol. The van der Waals surface area contributed by atoms with Gasteiger partial charge >= 0.3 is 0 Å². The van der Waals surface area contributed by atoms with Crippen molar-refractivity contribution in [3.8, 4) is 0 Å². The van der Waals surface area contributed by atoms with Crippen molar-refractivity contribution < 1.29 is 0 Å². The monoisotopic (exact) mass is 647 g/mol. The second-order valence-electron chi connectivity index (χ2n) is 18.5. The summed E-state index contributed by atoms with van der Waals surface area (Å²) >= 11 is 0. The third-order valence-corrected chi connectivity index (χ3v) is 10.6. The molecule has 0 aromatic rings. The lowest BCUT2D eigenvalue weighted by Crippen LogP contribution is -2.02. The van der Waals surface area contributed by atoms with Crippen LogP contribution in [0.2, 0.25) is 0 Å². The highest BCUT2D eigenvalue weighted by Crippen LogP contribution is 2.24. The Labute approximate surface area is 295 Å². The predicted octanol–water partition coefficient (Wildman–Crippen LogP) is 16.9. The van der Waals surface area contributed by atoms with E-state index in [0.717, 1.165) is 53.3 Å². The van der Waals surface area contributed by atoms with Crippen molar-refractivity contribution in [3.05, 3.63) is 11.6 Å². The maximum atomic E-state index is 2.47. The number of hydrogen-bond acceptors (Lipinski definition) is 0. The highest BCUT2D eigenvalue weighted by molar-refractivity contribution is 4.98.